The number of carbonyl (C=O) groups excluding carboxylic acids is 2. The fourth-order valence-electron chi connectivity index (χ4n) is 8.69. The van der Waals surface area contributed by atoms with Gasteiger partial charge in [-0.25, -0.2) is 0 Å². The minimum Gasteiger partial charge on any atom is -0.468 e. The van der Waals surface area contributed by atoms with Gasteiger partial charge in [0.15, 0.2) is 0 Å². The standard InChI is InChI=1S/C38H56N2O3/c1-6-11-29(4)38(32-14-8-7-9-15-32)21-19-37(20-22-38)18-16-33(36(42)40(37)26-31-12-10-13-31)28(3)24-35(41)39-25-34-30(5)27(2)17-23-43-34/h7-9,14-15,17,23,27-29,31,33H,6,10-13,16,18-22,24-26H2,1-5H3,(H,39,41)/t27?,28?,29?,33?,37-,38-. The molecule has 2 aliphatic heterocycles. The van der Waals surface area contributed by atoms with Crippen molar-refractivity contribution in [1.82, 2.24) is 10.2 Å². The summed E-state index contributed by atoms with van der Waals surface area (Å²) in [5.74, 6) is 2.68. The normalized spacial score (nSPS) is 31.0. The second-order valence-corrected chi connectivity index (χ2v) is 14.6. The average molecular weight is 589 g/mol. The van der Waals surface area contributed by atoms with E-state index in [-0.39, 0.29) is 28.7 Å². The monoisotopic (exact) mass is 588 g/mol. The molecule has 1 spiro atoms. The van der Waals surface area contributed by atoms with Gasteiger partial charge >= 0.3 is 0 Å². The Kier molecular flexibility index (Phi) is 10.1. The Morgan fingerprint density at radius 1 is 1.07 bits per heavy atom. The van der Waals surface area contributed by atoms with Crippen molar-refractivity contribution >= 4 is 11.8 Å². The van der Waals surface area contributed by atoms with Crippen molar-refractivity contribution < 1.29 is 14.3 Å². The van der Waals surface area contributed by atoms with Gasteiger partial charge in [-0.05, 0) is 98.7 Å². The van der Waals surface area contributed by atoms with E-state index in [9.17, 15) is 9.59 Å². The molecular formula is C38H56N2O3. The molecule has 1 aromatic rings. The zero-order valence-electron chi connectivity index (χ0n) is 27.5. The molecule has 2 aliphatic carbocycles. The van der Waals surface area contributed by atoms with Crippen LogP contribution in [-0.4, -0.2) is 35.3 Å². The van der Waals surface area contributed by atoms with E-state index in [0.29, 0.717) is 36.6 Å². The number of rotatable bonds is 11. The predicted molar refractivity (Wildman–Crippen MR) is 174 cm³/mol. The molecule has 5 nitrogen and oxygen atoms in total. The molecule has 1 N–H and O–H groups in total. The molecule has 2 amide bonds. The van der Waals surface area contributed by atoms with Gasteiger partial charge in [0.25, 0.3) is 0 Å². The van der Waals surface area contributed by atoms with Crippen LogP contribution in [0.25, 0.3) is 0 Å². The third-order valence-corrected chi connectivity index (χ3v) is 12.2. The highest BCUT2D eigenvalue weighted by Crippen LogP contribution is 2.54. The lowest BCUT2D eigenvalue weighted by Gasteiger charge is -2.58. The van der Waals surface area contributed by atoms with Gasteiger partial charge in [-0.2, -0.15) is 0 Å². The maximum absolute atomic E-state index is 14.4. The molecule has 2 heterocycles. The second-order valence-electron chi connectivity index (χ2n) is 14.6. The third kappa shape index (κ3) is 6.61. The maximum Gasteiger partial charge on any atom is 0.226 e. The van der Waals surface area contributed by atoms with E-state index in [0.717, 1.165) is 56.4 Å². The third-order valence-electron chi connectivity index (χ3n) is 12.2. The molecule has 2 saturated carbocycles. The zero-order valence-corrected chi connectivity index (χ0v) is 27.5. The highest BCUT2D eigenvalue weighted by Gasteiger charge is 2.53. The summed E-state index contributed by atoms with van der Waals surface area (Å²) in [5, 5.41) is 3.07. The van der Waals surface area contributed by atoms with Gasteiger partial charge in [0.1, 0.15) is 5.76 Å². The zero-order chi connectivity index (χ0) is 30.6. The topological polar surface area (TPSA) is 58.6 Å². The summed E-state index contributed by atoms with van der Waals surface area (Å²) >= 11 is 0. The molecule has 1 aromatic carbocycles. The van der Waals surface area contributed by atoms with E-state index in [2.05, 4.69) is 75.2 Å². The molecule has 0 aromatic heterocycles. The Labute approximate surface area is 260 Å². The van der Waals surface area contributed by atoms with Crippen molar-refractivity contribution in [3.8, 4) is 0 Å². The number of hydrogen-bond donors (Lipinski definition) is 1. The van der Waals surface area contributed by atoms with Crippen molar-refractivity contribution in [2.75, 3.05) is 13.1 Å². The van der Waals surface area contributed by atoms with Crippen molar-refractivity contribution in [3.63, 3.8) is 0 Å². The van der Waals surface area contributed by atoms with Gasteiger partial charge in [0, 0.05) is 30.3 Å². The molecule has 236 valence electrons. The van der Waals surface area contributed by atoms with E-state index < -0.39 is 0 Å². The minimum absolute atomic E-state index is 0.00691. The summed E-state index contributed by atoms with van der Waals surface area (Å²) in [5.41, 5.74) is 2.82. The Bertz CT molecular complexity index is 1170. The van der Waals surface area contributed by atoms with Crippen LogP contribution in [0.4, 0.5) is 0 Å². The fourth-order valence-corrected chi connectivity index (χ4v) is 8.69. The first-order chi connectivity index (χ1) is 20.7. The predicted octanol–water partition coefficient (Wildman–Crippen LogP) is 8.31. The summed E-state index contributed by atoms with van der Waals surface area (Å²) in [6, 6.07) is 11.2. The molecule has 4 aliphatic rings. The number of carbonyl (C=O) groups is 2. The number of hydrogen-bond acceptors (Lipinski definition) is 3. The van der Waals surface area contributed by atoms with Gasteiger partial charge in [-0.15, -0.1) is 0 Å². The summed E-state index contributed by atoms with van der Waals surface area (Å²) in [7, 11) is 0. The molecule has 5 rings (SSSR count). The van der Waals surface area contributed by atoms with Crippen LogP contribution >= 0.6 is 0 Å². The van der Waals surface area contributed by atoms with Crippen molar-refractivity contribution in [2.45, 2.75) is 123 Å². The number of allylic oxidation sites excluding steroid dienone is 2. The van der Waals surface area contributed by atoms with Gasteiger partial charge in [-0.1, -0.05) is 77.3 Å². The van der Waals surface area contributed by atoms with Gasteiger partial charge in [0.05, 0.1) is 12.8 Å². The largest absolute Gasteiger partial charge is 0.468 e. The van der Waals surface area contributed by atoms with Gasteiger partial charge < -0.3 is 15.0 Å². The van der Waals surface area contributed by atoms with Crippen molar-refractivity contribution in [2.24, 2.45) is 29.6 Å². The molecule has 1 saturated heterocycles. The van der Waals surface area contributed by atoms with Gasteiger partial charge in [0.2, 0.25) is 11.8 Å². The van der Waals surface area contributed by atoms with Crippen LogP contribution in [0.5, 0.6) is 0 Å². The summed E-state index contributed by atoms with van der Waals surface area (Å²) in [6.45, 7) is 12.4. The Hall–Kier alpha value is -2.56. The van der Waals surface area contributed by atoms with E-state index in [1.807, 2.05) is 6.08 Å². The molecule has 5 heteroatoms. The Balaban J connectivity index is 1.27. The van der Waals surface area contributed by atoms with E-state index >= 15 is 0 Å². The van der Waals surface area contributed by atoms with Crippen LogP contribution in [0.15, 0.2) is 54.0 Å². The Morgan fingerprint density at radius 3 is 2.44 bits per heavy atom. The molecular weight excluding hydrogens is 532 g/mol. The summed E-state index contributed by atoms with van der Waals surface area (Å²) in [6.07, 6.45) is 16.8. The van der Waals surface area contributed by atoms with Crippen molar-refractivity contribution in [3.05, 3.63) is 59.6 Å². The molecule has 43 heavy (non-hydrogen) atoms. The molecule has 4 unspecified atom stereocenters. The van der Waals surface area contributed by atoms with Crippen LogP contribution in [0.2, 0.25) is 0 Å². The number of benzene rings is 1. The first kappa shape index (κ1) is 31.9. The highest BCUT2D eigenvalue weighted by molar-refractivity contribution is 5.83. The van der Waals surface area contributed by atoms with Crippen LogP contribution < -0.4 is 5.32 Å². The smallest absolute Gasteiger partial charge is 0.226 e. The highest BCUT2D eigenvalue weighted by atomic mass is 16.5. The van der Waals surface area contributed by atoms with Gasteiger partial charge in [-0.3, -0.25) is 9.59 Å². The number of nitrogens with zero attached hydrogens (tertiary/aromatic N) is 1. The van der Waals surface area contributed by atoms with Crippen LogP contribution in [0.3, 0.4) is 0 Å². The number of likely N-dealkylation sites (tertiary alicyclic amines) is 1. The first-order valence-electron chi connectivity index (χ1n) is 17.4. The lowest BCUT2D eigenvalue weighted by atomic mass is 9.56. The molecule has 3 fully saturated rings. The van der Waals surface area contributed by atoms with E-state index in [4.69, 9.17) is 4.74 Å². The molecule has 0 radical (unpaired) electrons. The summed E-state index contributed by atoms with van der Waals surface area (Å²) in [4.78, 5) is 29.8. The lowest BCUT2D eigenvalue weighted by molar-refractivity contribution is -0.156. The average Bonchev–Trinajstić information content (AvgIpc) is 2.98. The van der Waals surface area contributed by atoms with Crippen LogP contribution in [-0.2, 0) is 19.7 Å². The maximum atomic E-state index is 14.4. The molecule has 0 bridgehead atoms. The fraction of sp³-hybridized carbons (Fsp3) is 0.684. The molecule has 4 atom stereocenters. The SMILES string of the molecule is CCCC(C)[C@]1(c2ccccc2)CC[C@@]2(CCC(C(C)CC(=O)NCC3=C(C)C(C)C=CO3)C(=O)N2CC2CCC2)CC1. The number of piperidine rings is 1. The number of amides is 2. The minimum atomic E-state index is -0.0777. The van der Waals surface area contributed by atoms with Crippen molar-refractivity contribution in [1.29, 1.82) is 0 Å². The lowest BCUT2D eigenvalue weighted by Crippen LogP contribution is -2.62. The van der Waals surface area contributed by atoms with E-state index in [1.54, 1.807) is 6.26 Å². The van der Waals surface area contributed by atoms with E-state index in [1.165, 1.54) is 37.7 Å². The Morgan fingerprint density at radius 2 is 1.79 bits per heavy atom. The summed E-state index contributed by atoms with van der Waals surface area (Å²) < 4.78 is 5.67. The van der Waals surface area contributed by atoms with Crippen LogP contribution in [0, 0.1) is 29.6 Å². The van der Waals surface area contributed by atoms with Crippen LogP contribution in [0.1, 0.15) is 117 Å². The first-order valence-corrected chi connectivity index (χ1v) is 17.4. The number of nitrogens with one attached hydrogen (secondary N) is 1. The quantitative estimate of drug-likeness (QED) is 0.283. The second kappa shape index (κ2) is 13.6. The number of ether oxygens (including phenoxy) is 1.